The standard InChI is InChI=1S/C19H25NO/c1-4-12-20-16(3)18-10-11-19(15(2)13-18)21-14-17-8-6-5-7-9-17/h5-11,13,16,20H,4,12,14H2,1-3H3. The lowest BCUT2D eigenvalue weighted by Crippen LogP contribution is -2.19. The molecule has 0 amide bonds. The van der Waals surface area contributed by atoms with E-state index in [-0.39, 0.29) is 0 Å². The minimum atomic E-state index is 0.381. The van der Waals surface area contributed by atoms with Gasteiger partial charge >= 0.3 is 0 Å². The average molecular weight is 283 g/mol. The Kier molecular flexibility index (Phi) is 5.82. The van der Waals surface area contributed by atoms with Gasteiger partial charge in [-0.15, -0.1) is 0 Å². The average Bonchev–Trinajstić information content (AvgIpc) is 2.52. The highest BCUT2D eigenvalue weighted by molar-refractivity contribution is 5.37. The van der Waals surface area contributed by atoms with E-state index < -0.39 is 0 Å². The predicted octanol–water partition coefficient (Wildman–Crippen LogP) is 4.63. The maximum atomic E-state index is 5.92. The van der Waals surface area contributed by atoms with Crippen LogP contribution in [-0.2, 0) is 6.61 Å². The lowest BCUT2D eigenvalue weighted by molar-refractivity contribution is 0.304. The monoisotopic (exact) mass is 283 g/mol. The van der Waals surface area contributed by atoms with Crippen LogP contribution < -0.4 is 10.1 Å². The van der Waals surface area contributed by atoms with Gasteiger partial charge in [0.05, 0.1) is 0 Å². The van der Waals surface area contributed by atoms with Gasteiger partial charge in [-0.1, -0.05) is 49.4 Å². The molecular weight excluding hydrogens is 258 g/mol. The first-order valence-electron chi connectivity index (χ1n) is 7.71. The van der Waals surface area contributed by atoms with Gasteiger partial charge in [-0.2, -0.15) is 0 Å². The van der Waals surface area contributed by atoms with Crippen molar-refractivity contribution in [2.45, 2.75) is 39.8 Å². The second-order valence-corrected chi connectivity index (χ2v) is 5.48. The molecule has 0 radical (unpaired) electrons. The molecule has 2 aromatic rings. The fraction of sp³-hybridized carbons (Fsp3) is 0.368. The molecule has 21 heavy (non-hydrogen) atoms. The highest BCUT2D eigenvalue weighted by Gasteiger charge is 2.07. The smallest absolute Gasteiger partial charge is 0.122 e. The van der Waals surface area contributed by atoms with Crippen LogP contribution in [0.2, 0.25) is 0 Å². The summed E-state index contributed by atoms with van der Waals surface area (Å²) in [7, 11) is 0. The highest BCUT2D eigenvalue weighted by atomic mass is 16.5. The summed E-state index contributed by atoms with van der Waals surface area (Å²) in [5.74, 6) is 0.963. The SMILES string of the molecule is CCCNC(C)c1ccc(OCc2ccccc2)c(C)c1. The highest BCUT2D eigenvalue weighted by Crippen LogP contribution is 2.23. The molecule has 2 rings (SSSR count). The Morgan fingerprint density at radius 2 is 1.86 bits per heavy atom. The molecule has 0 fully saturated rings. The second-order valence-electron chi connectivity index (χ2n) is 5.48. The summed E-state index contributed by atoms with van der Waals surface area (Å²) in [5.41, 5.74) is 3.69. The fourth-order valence-electron chi connectivity index (χ4n) is 2.32. The van der Waals surface area contributed by atoms with Crippen LogP contribution in [0, 0.1) is 6.92 Å². The zero-order chi connectivity index (χ0) is 15.1. The van der Waals surface area contributed by atoms with Gasteiger partial charge in [0.25, 0.3) is 0 Å². The number of ether oxygens (including phenoxy) is 1. The number of aryl methyl sites for hydroxylation is 1. The van der Waals surface area contributed by atoms with Crippen molar-refractivity contribution in [2.75, 3.05) is 6.54 Å². The lowest BCUT2D eigenvalue weighted by atomic mass is 10.0. The molecule has 0 aliphatic rings. The Morgan fingerprint density at radius 1 is 1.10 bits per heavy atom. The summed E-state index contributed by atoms with van der Waals surface area (Å²) in [6.07, 6.45) is 1.15. The summed E-state index contributed by atoms with van der Waals surface area (Å²) in [6, 6.07) is 17.1. The van der Waals surface area contributed by atoms with Crippen LogP contribution in [0.25, 0.3) is 0 Å². The number of rotatable bonds is 7. The minimum Gasteiger partial charge on any atom is -0.489 e. The Hall–Kier alpha value is -1.80. The second kappa shape index (κ2) is 7.84. The first kappa shape index (κ1) is 15.6. The topological polar surface area (TPSA) is 21.3 Å². The van der Waals surface area contributed by atoms with Crippen LogP contribution in [0.4, 0.5) is 0 Å². The van der Waals surface area contributed by atoms with Crippen molar-refractivity contribution in [1.29, 1.82) is 0 Å². The van der Waals surface area contributed by atoms with E-state index in [0.29, 0.717) is 12.6 Å². The number of hydrogen-bond acceptors (Lipinski definition) is 2. The molecule has 2 heteroatoms. The van der Waals surface area contributed by atoms with Gasteiger partial charge in [0.15, 0.2) is 0 Å². The fourth-order valence-corrected chi connectivity index (χ4v) is 2.32. The van der Waals surface area contributed by atoms with E-state index >= 15 is 0 Å². The molecular formula is C19H25NO. The Balaban J connectivity index is 1.99. The van der Waals surface area contributed by atoms with E-state index in [0.717, 1.165) is 18.7 Å². The normalized spacial score (nSPS) is 12.1. The molecule has 1 unspecified atom stereocenters. The van der Waals surface area contributed by atoms with Gasteiger partial charge in [0.2, 0.25) is 0 Å². The molecule has 0 aromatic heterocycles. The zero-order valence-electron chi connectivity index (χ0n) is 13.2. The van der Waals surface area contributed by atoms with Crippen molar-refractivity contribution in [1.82, 2.24) is 5.32 Å². The van der Waals surface area contributed by atoms with Crippen LogP contribution in [0.5, 0.6) is 5.75 Å². The minimum absolute atomic E-state index is 0.381. The lowest BCUT2D eigenvalue weighted by Gasteiger charge is -2.16. The summed E-state index contributed by atoms with van der Waals surface area (Å²) in [4.78, 5) is 0. The molecule has 112 valence electrons. The van der Waals surface area contributed by atoms with Gasteiger partial charge in [-0.25, -0.2) is 0 Å². The zero-order valence-corrected chi connectivity index (χ0v) is 13.2. The Labute approximate surface area is 128 Å². The van der Waals surface area contributed by atoms with Crippen molar-refractivity contribution < 1.29 is 4.74 Å². The molecule has 0 spiro atoms. The first-order chi connectivity index (χ1) is 10.2. The first-order valence-corrected chi connectivity index (χ1v) is 7.71. The Morgan fingerprint density at radius 3 is 2.52 bits per heavy atom. The molecule has 0 aliphatic carbocycles. The summed E-state index contributed by atoms with van der Waals surface area (Å²) >= 11 is 0. The summed E-state index contributed by atoms with van der Waals surface area (Å²) in [6.45, 7) is 8.16. The van der Waals surface area contributed by atoms with Crippen LogP contribution in [0.15, 0.2) is 48.5 Å². The number of nitrogens with one attached hydrogen (secondary N) is 1. The van der Waals surface area contributed by atoms with Crippen LogP contribution in [-0.4, -0.2) is 6.54 Å². The van der Waals surface area contributed by atoms with Gasteiger partial charge < -0.3 is 10.1 Å². The van der Waals surface area contributed by atoms with E-state index in [2.05, 4.69) is 56.4 Å². The summed E-state index contributed by atoms with van der Waals surface area (Å²) < 4.78 is 5.92. The predicted molar refractivity (Wildman–Crippen MR) is 88.7 cm³/mol. The van der Waals surface area contributed by atoms with Gasteiger partial charge in [0, 0.05) is 6.04 Å². The third-order valence-electron chi connectivity index (χ3n) is 3.64. The van der Waals surface area contributed by atoms with Crippen molar-refractivity contribution in [3.05, 3.63) is 65.2 Å². The summed E-state index contributed by atoms with van der Waals surface area (Å²) in [5, 5.41) is 3.51. The third-order valence-corrected chi connectivity index (χ3v) is 3.64. The molecule has 2 nitrogen and oxygen atoms in total. The van der Waals surface area contributed by atoms with Crippen LogP contribution >= 0.6 is 0 Å². The van der Waals surface area contributed by atoms with Crippen molar-refractivity contribution in [3.8, 4) is 5.75 Å². The molecule has 0 heterocycles. The molecule has 0 saturated heterocycles. The quantitative estimate of drug-likeness (QED) is 0.799. The van der Waals surface area contributed by atoms with Crippen molar-refractivity contribution in [2.24, 2.45) is 0 Å². The maximum Gasteiger partial charge on any atom is 0.122 e. The molecule has 0 bridgehead atoms. The van der Waals surface area contributed by atoms with Crippen LogP contribution in [0.3, 0.4) is 0 Å². The van der Waals surface area contributed by atoms with E-state index in [4.69, 9.17) is 4.74 Å². The molecule has 1 N–H and O–H groups in total. The maximum absolute atomic E-state index is 5.92. The number of benzene rings is 2. The molecule has 1 atom stereocenters. The van der Waals surface area contributed by atoms with E-state index in [1.54, 1.807) is 0 Å². The molecule has 2 aromatic carbocycles. The van der Waals surface area contributed by atoms with Gasteiger partial charge in [0.1, 0.15) is 12.4 Å². The van der Waals surface area contributed by atoms with Crippen molar-refractivity contribution in [3.63, 3.8) is 0 Å². The van der Waals surface area contributed by atoms with Gasteiger partial charge in [-0.3, -0.25) is 0 Å². The van der Waals surface area contributed by atoms with E-state index in [1.165, 1.54) is 16.7 Å². The van der Waals surface area contributed by atoms with Gasteiger partial charge in [-0.05, 0) is 49.6 Å². The third kappa shape index (κ3) is 4.61. The van der Waals surface area contributed by atoms with E-state index in [1.807, 2.05) is 18.2 Å². The molecule has 0 saturated carbocycles. The van der Waals surface area contributed by atoms with Crippen LogP contribution in [0.1, 0.15) is 43.0 Å². The van der Waals surface area contributed by atoms with E-state index in [9.17, 15) is 0 Å². The Bertz CT molecular complexity index is 551. The van der Waals surface area contributed by atoms with Crippen molar-refractivity contribution >= 4 is 0 Å². The number of hydrogen-bond donors (Lipinski definition) is 1. The molecule has 0 aliphatic heterocycles. The largest absolute Gasteiger partial charge is 0.489 e.